The Morgan fingerprint density at radius 3 is 2.71 bits per heavy atom. The van der Waals surface area contributed by atoms with Crippen LogP contribution in [0.5, 0.6) is 0 Å². The number of fused-ring (bicyclic) bond motifs is 2. The monoisotopic (exact) mass is 252 g/mol. The van der Waals surface area contributed by atoms with Gasteiger partial charge in [0, 0.05) is 5.02 Å². The maximum Gasteiger partial charge on any atom is 0.316 e. The lowest BCUT2D eigenvalue weighted by atomic mass is 9.69. The molecule has 0 saturated carbocycles. The highest BCUT2D eigenvalue weighted by Gasteiger charge is 2.59. The van der Waals surface area contributed by atoms with Gasteiger partial charge in [0.1, 0.15) is 5.41 Å². The molecule has 1 aromatic carbocycles. The highest BCUT2D eigenvalue weighted by Crippen LogP contribution is 2.51. The standard InChI is InChI=1S/C13H13ClO3/c14-10-4-2-1-3-9(10)13(12(15)16)7-8-5-6-11(13)17-8/h1-4,8,11H,5-7H2,(H,15,16). The molecule has 0 aliphatic carbocycles. The normalized spacial score (nSPS) is 35.1. The van der Waals surface area contributed by atoms with Crippen molar-refractivity contribution >= 4 is 17.6 Å². The molecule has 17 heavy (non-hydrogen) atoms. The molecule has 2 aliphatic rings. The Kier molecular flexibility index (Phi) is 2.42. The molecule has 3 atom stereocenters. The molecule has 0 spiro atoms. The Morgan fingerprint density at radius 2 is 2.18 bits per heavy atom. The molecule has 2 saturated heterocycles. The van der Waals surface area contributed by atoms with Crippen LogP contribution in [0.3, 0.4) is 0 Å². The first-order chi connectivity index (χ1) is 8.14. The van der Waals surface area contributed by atoms with Crippen LogP contribution in [-0.4, -0.2) is 23.3 Å². The molecule has 1 aromatic rings. The minimum absolute atomic E-state index is 0.0763. The minimum Gasteiger partial charge on any atom is -0.481 e. The molecule has 2 heterocycles. The highest BCUT2D eigenvalue weighted by molar-refractivity contribution is 6.31. The quantitative estimate of drug-likeness (QED) is 0.880. The number of aliphatic carboxylic acids is 1. The zero-order chi connectivity index (χ0) is 12.0. The summed E-state index contributed by atoms with van der Waals surface area (Å²) in [6.45, 7) is 0. The van der Waals surface area contributed by atoms with Crippen LogP contribution >= 0.6 is 11.6 Å². The van der Waals surface area contributed by atoms with Gasteiger partial charge in [-0.15, -0.1) is 0 Å². The molecule has 3 unspecified atom stereocenters. The van der Waals surface area contributed by atoms with Gasteiger partial charge in [0.05, 0.1) is 12.2 Å². The lowest BCUT2D eigenvalue weighted by Gasteiger charge is -2.32. The van der Waals surface area contributed by atoms with Crippen LogP contribution in [0.25, 0.3) is 0 Å². The fourth-order valence-corrected chi connectivity index (χ4v) is 3.46. The van der Waals surface area contributed by atoms with Gasteiger partial charge in [-0.05, 0) is 30.9 Å². The van der Waals surface area contributed by atoms with E-state index in [1.54, 1.807) is 12.1 Å². The van der Waals surface area contributed by atoms with E-state index in [1.165, 1.54) is 0 Å². The third-order valence-corrected chi connectivity index (χ3v) is 4.27. The summed E-state index contributed by atoms with van der Waals surface area (Å²) in [5.41, 5.74) is -0.247. The third-order valence-electron chi connectivity index (χ3n) is 3.94. The number of carboxylic acid groups (broad SMARTS) is 1. The number of carboxylic acids is 1. The largest absolute Gasteiger partial charge is 0.481 e. The third kappa shape index (κ3) is 1.42. The summed E-state index contributed by atoms with van der Waals surface area (Å²) in [6, 6.07) is 7.20. The average molecular weight is 253 g/mol. The Morgan fingerprint density at radius 1 is 1.41 bits per heavy atom. The zero-order valence-corrected chi connectivity index (χ0v) is 9.98. The number of hydrogen-bond acceptors (Lipinski definition) is 2. The molecular formula is C13H13ClO3. The van der Waals surface area contributed by atoms with Crippen molar-refractivity contribution in [1.82, 2.24) is 0 Å². The molecule has 4 heteroatoms. The van der Waals surface area contributed by atoms with E-state index in [1.807, 2.05) is 12.1 Å². The van der Waals surface area contributed by atoms with Crippen LogP contribution in [0.15, 0.2) is 24.3 Å². The number of halogens is 1. The first-order valence-electron chi connectivity index (χ1n) is 5.78. The lowest BCUT2D eigenvalue weighted by Crippen LogP contribution is -2.44. The summed E-state index contributed by atoms with van der Waals surface area (Å²) < 4.78 is 5.72. The number of hydrogen-bond donors (Lipinski definition) is 1. The van der Waals surface area contributed by atoms with Crippen molar-refractivity contribution in [2.24, 2.45) is 0 Å². The van der Waals surface area contributed by atoms with Crippen LogP contribution in [0.1, 0.15) is 24.8 Å². The van der Waals surface area contributed by atoms with Crippen molar-refractivity contribution in [1.29, 1.82) is 0 Å². The van der Waals surface area contributed by atoms with Crippen LogP contribution in [0.4, 0.5) is 0 Å². The van der Waals surface area contributed by atoms with E-state index in [9.17, 15) is 9.90 Å². The topological polar surface area (TPSA) is 46.5 Å². The van der Waals surface area contributed by atoms with E-state index >= 15 is 0 Å². The SMILES string of the molecule is O=C(O)C1(c2ccccc2Cl)CC2CCC1O2. The summed E-state index contributed by atoms with van der Waals surface area (Å²) in [5.74, 6) is -0.821. The van der Waals surface area contributed by atoms with Crippen LogP contribution in [0.2, 0.25) is 5.02 Å². The molecule has 90 valence electrons. The van der Waals surface area contributed by atoms with Gasteiger partial charge in [0.2, 0.25) is 0 Å². The van der Waals surface area contributed by atoms with Gasteiger partial charge in [0.25, 0.3) is 0 Å². The van der Waals surface area contributed by atoms with E-state index in [2.05, 4.69) is 0 Å². The molecule has 3 nitrogen and oxygen atoms in total. The van der Waals surface area contributed by atoms with Gasteiger partial charge in [-0.25, -0.2) is 0 Å². The summed E-state index contributed by atoms with van der Waals surface area (Å²) >= 11 is 6.16. The van der Waals surface area contributed by atoms with E-state index in [-0.39, 0.29) is 12.2 Å². The molecule has 3 rings (SSSR count). The number of rotatable bonds is 2. The van der Waals surface area contributed by atoms with Gasteiger partial charge < -0.3 is 9.84 Å². The molecule has 0 radical (unpaired) electrons. The predicted octanol–water partition coefficient (Wildman–Crippen LogP) is 2.61. The maximum absolute atomic E-state index is 11.7. The lowest BCUT2D eigenvalue weighted by molar-refractivity contribution is -0.146. The zero-order valence-electron chi connectivity index (χ0n) is 9.23. The molecule has 0 aromatic heterocycles. The molecule has 2 bridgehead atoms. The number of benzene rings is 1. The van der Waals surface area contributed by atoms with Crippen molar-refractivity contribution in [3.8, 4) is 0 Å². The molecule has 0 amide bonds. The van der Waals surface area contributed by atoms with Crippen LogP contribution in [0, 0.1) is 0 Å². The van der Waals surface area contributed by atoms with Crippen molar-refractivity contribution in [3.63, 3.8) is 0 Å². The number of carbonyl (C=O) groups is 1. The molecular weight excluding hydrogens is 240 g/mol. The fourth-order valence-electron chi connectivity index (χ4n) is 3.16. The smallest absolute Gasteiger partial charge is 0.316 e. The first kappa shape index (κ1) is 11.1. The van der Waals surface area contributed by atoms with Crippen LogP contribution in [-0.2, 0) is 14.9 Å². The van der Waals surface area contributed by atoms with Crippen molar-refractivity contribution < 1.29 is 14.6 Å². The summed E-state index contributed by atoms with van der Waals surface area (Å²) in [6.07, 6.45) is 2.15. The van der Waals surface area contributed by atoms with Gasteiger partial charge in [-0.2, -0.15) is 0 Å². The second-order valence-corrected chi connectivity index (χ2v) is 5.19. The minimum atomic E-state index is -0.943. The van der Waals surface area contributed by atoms with Gasteiger partial charge in [0.15, 0.2) is 0 Å². The fraction of sp³-hybridized carbons (Fsp3) is 0.462. The Balaban J connectivity index is 2.14. The highest BCUT2D eigenvalue weighted by atomic mass is 35.5. The molecule has 1 N–H and O–H groups in total. The number of ether oxygens (including phenoxy) is 1. The molecule has 2 fully saturated rings. The van der Waals surface area contributed by atoms with Crippen molar-refractivity contribution in [2.45, 2.75) is 36.9 Å². The predicted molar refractivity (Wildman–Crippen MR) is 63.3 cm³/mol. The Hall–Kier alpha value is -1.06. The van der Waals surface area contributed by atoms with Crippen molar-refractivity contribution in [2.75, 3.05) is 0 Å². The van der Waals surface area contributed by atoms with Crippen LogP contribution < -0.4 is 0 Å². The second-order valence-electron chi connectivity index (χ2n) is 4.78. The Labute approximate surface area is 104 Å². The van der Waals surface area contributed by atoms with Gasteiger partial charge >= 0.3 is 5.97 Å². The van der Waals surface area contributed by atoms with E-state index in [4.69, 9.17) is 16.3 Å². The molecule has 2 aliphatic heterocycles. The summed E-state index contributed by atoms with van der Waals surface area (Å²) in [5, 5.41) is 10.1. The van der Waals surface area contributed by atoms with E-state index in [0.29, 0.717) is 17.0 Å². The van der Waals surface area contributed by atoms with E-state index < -0.39 is 11.4 Å². The summed E-state index contributed by atoms with van der Waals surface area (Å²) in [4.78, 5) is 11.7. The van der Waals surface area contributed by atoms with Gasteiger partial charge in [-0.3, -0.25) is 4.79 Å². The van der Waals surface area contributed by atoms with Gasteiger partial charge in [-0.1, -0.05) is 29.8 Å². The van der Waals surface area contributed by atoms with Crippen molar-refractivity contribution in [3.05, 3.63) is 34.9 Å². The first-order valence-corrected chi connectivity index (χ1v) is 6.16. The van der Waals surface area contributed by atoms with E-state index in [0.717, 1.165) is 12.8 Å². The maximum atomic E-state index is 11.7. The second kappa shape index (κ2) is 3.72. The Bertz CT molecular complexity index is 473. The average Bonchev–Trinajstić information content (AvgIpc) is 2.89. The summed E-state index contributed by atoms with van der Waals surface area (Å²) in [7, 11) is 0.